The molecule has 2 aromatic carbocycles. The molecule has 3 aromatic rings. The summed E-state index contributed by atoms with van der Waals surface area (Å²) >= 11 is 1.60. The van der Waals surface area contributed by atoms with Gasteiger partial charge in [-0.15, -0.1) is 11.8 Å². The fourth-order valence-electron chi connectivity index (χ4n) is 2.51. The van der Waals surface area contributed by atoms with Gasteiger partial charge in [-0.05, 0) is 56.5 Å². The van der Waals surface area contributed by atoms with E-state index in [4.69, 9.17) is 9.26 Å². The third-order valence-electron chi connectivity index (χ3n) is 4.04. The molecule has 0 saturated heterocycles. The van der Waals surface area contributed by atoms with Crippen LogP contribution in [-0.4, -0.2) is 17.3 Å². The van der Waals surface area contributed by atoms with Crippen molar-refractivity contribution in [3.8, 4) is 5.75 Å². The standard InChI is InChI=1S/C20H20N2O3S/c1-13-17(14(2)25-22-13)12-24-16-10-8-15(9-11-16)20(23)21-18-6-4-5-7-19(18)26-3/h4-11H,12H2,1-3H3,(H,21,23). The first-order valence-corrected chi connectivity index (χ1v) is 9.40. The van der Waals surface area contributed by atoms with E-state index in [1.807, 2.05) is 44.4 Å². The highest BCUT2D eigenvalue weighted by Gasteiger charge is 2.11. The second-order valence-corrected chi connectivity index (χ2v) is 6.62. The summed E-state index contributed by atoms with van der Waals surface area (Å²) in [6.45, 7) is 4.13. The number of ether oxygens (including phenoxy) is 1. The molecule has 134 valence electrons. The van der Waals surface area contributed by atoms with Crippen LogP contribution in [0.3, 0.4) is 0 Å². The van der Waals surface area contributed by atoms with Gasteiger partial charge in [0, 0.05) is 10.5 Å². The van der Waals surface area contributed by atoms with Crippen LogP contribution < -0.4 is 10.1 Å². The summed E-state index contributed by atoms with van der Waals surface area (Å²) < 4.78 is 10.9. The number of para-hydroxylation sites is 1. The molecule has 0 radical (unpaired) electrons. The van der Waals surface area contributed by atoms with Crippen LogP contribution >= 0.6 is 11.8 Å². The van der Waals surface area contributed by atoms with E-state index >= 15 is 0 Å². The molecule has 26 heavy (non-hydrogen) atoms. The van der Waals surface area contributed by atoms with Crippen molar-refractivity contribution in [1.29, 1.82) is 0 Å². The number of hydrogen-bond donors (Lipinski definition) is 1. The van der Waals surface area contributed by atoms with Crippen molar-refractivity contribution < 1.29 is 14.1 Å². The zero-order valence-corrected chi connectivity index (χ0v) is 15.7. The Morgan fingerprint density at radius 2 is 1.88 bits per heavy atom. The minimum atomic E-state index is -0.149. The van der Waals surface area contributed by atoms with Crippen LogP contribution in [0, 0.1) is 13.8 Å². The topological polar surface area (TPSA) is 64.4 Å². The Balaban J connectivity index is 1.64. The molecular formula is C20H20N2O3S. The number of carbonyl (C=O) groups excluding carboxylic acids is 1. The molecule has 0 aliphatic heterocycles. The number of aromatic nitrogens is 1. The molecular weight excluding hydrogens is 348 g/mol. The van der Waals surface area contributed by atoms with E-state index in [9.17, 15) is 4.79 Å². The summed E-state index contributed by atoms with van der Waals surface area (Å²) in [5.41, 5.74) is 3.15. The minimum Gasteiger partial charge on any atom is -0.489 e. The second-order valence-electron chi connectivity index (χ2n) is 5.77. The summed E-state index contributed by atoms with van der Waals surface area (Å²) in [5.74, 6) is 1.29. The number of rotatable bonds is 6. The second kappa shape index (κ2) is 8.10. The quantitative estimate of drug-likeness (QED) is 0.631. The molecule has 1 heterocycles. The Hall–Kier alpha value is -2.73. The minimum absolute atomic E-state index is 0.149. The van der Waals surface area contributed by atoms with E-state index in [0.717, 1.165) is 27.6 Å². The SMILES string of the molecule is CSc1ccccc1NC(=O)c1ccc(OCc2c(C)noc2C)cc1. The van der Waals surface area contributed by atoms with Crippen molar-refractivity contribution in [1.82, 2.24) is 5.16 Å². The Kier molecular flexibility index (Phi) is 5.63. The highest BCUT2D eigenvalue weighted by atomic mass is 32.2. The van der Waals surface area contributed by atoms with Gasteiger partial charge >= 0.3 is 0 Å². The summed E-state index contributed by atoms with van der Waals surface area (Å²) in [6, 6.07) is 14.8. The van der Waals surface area contributed by atoms with Gasteiger partial charge in [-0.1, -0.05) is 17.3 Å². The lowest BCUT2D eigenvalue weighted by Gasteiger charge is -2.10. The number of anilines is 1. The van der Waals surface area contributed by atoms with Crippen molar-refractivity contribution in [3.63, 3.8) is 0 Å². The Labute approximate surface area is 156 Å². The molecule has 0 atom stereocenters. The molecule has 1 aromatic heterocycles. The zero-order chi connectivity index (χ0) is 18.5. The number of amides is 1. The fraction of sp³-hybridized carbons (Fsp3) is 0.200. The molecule has 5 nitrogen and oxygen atoms in total. The highest BCUT2D eigenvalue weighted by Crippen LogP contribution is 2.25. The van der Waals surface area contributed by atoms with Gasteiger partial charge in [0.05, 0.1) is 16.9 Å². The first-order valence-electron chi connectivity index (χ1n) is 8.17. The smallest absolute Gasteiger partial charge is 0.255 e. The predicted octanol–water partition coefficient (Wildman–Crippen LogP) is 4.84. The summed E-state index contributed by atoms with van der Waals surface area (Å²) in [4.78, 5) is 13.5. The van der Waals surface area contributed by atoms with Crippen LogP contribution in [0.2, 0.25) is 0 Å². The van der Waals surface area contributed by atoms with Gasteiger partial charge < -0.3 is 14.6 Å². The van der Waals surface area contributed by atoms with Crippen LogP contribution in [0.15, 0.2) is 57.9 Å². The third-order valence-corrected chi connectivity index (χ3v) is 4.83. The van der Waals surface area contributed by atoms with Crippen LogP contribution in [0.5, 0.6) is 5.75 Å². The van der Waals surface area contributed by atoms with E-state index in [1.54, 1.807) is 36.0 Å². The van der Waals surface area contributed by atoms with Crippen molar-refractivity contribution >= 4 is 23.4 Å². The van der Waals surface area contributed by atoms with Gasteiger partial charge in [-0.25, -0.2) is 0 Å². The van der Waals surface area contributed by atoms with Gasteiger partial charge in [-0.2, -0.15) is 0 Å². The van der Waals surface area contributed by atoms with Gasteiger partial charge in [0.15, 0.2) is 0 Å². The molecule has 0 saturated carbocycles. The van der Waals surface area contributed by atoms with Crippen LogP contribution in [0.1, 0.15) is 27.4 Å². The number of nitrogens with one attached hydrogen (secondary N) is 1. The van der Waals surface area contributed by atoms with Crippen molar-refractivity contribution in [2.45, 2.75) is 25.3 Å². The highest BCUT2D eigenvalue weighted by molar-refractivity contribution is 7.98. The molecule has 0 unspecified atom stereocenters. The molecule has 0 spiro atoms. The van der Waals surface area contributed by atoms with E-state index in [1.165, 1.54) is 0 Å². The number of hydrogen-bond acceptors (Lipinski definition) is 5. The first kappa shape index (κ1) is 18.1. The van der Waals surface area contributed by atoms with Crippen LogP contribution in [-0.2, 0) is 6.61 Å². The Bertz CT molecular complexity index is 884. The van der Waals surface area contributed by atoms with Gasteiger partial charge in [-0.3, -0.25) is 4.79 Å². The van der Waals surface area contributed by atoms with E-state index < -0.39 is 0 Å². The maximum atomic E-state index is 12.4. The Morgan fingerprint density at radius 1 is 1.15 bits per heavy atom. The van der Waals surface area contributed by atoms with E-state index in [0.29, 0.717) is 17.9 Å². The van der Waals surface area contributed by atoms with Crippen LogP contribution in [0.25, 0.3) is 0 Å². The maximum absolute atomic E-state index is 12.4. The molecule has 1 amide bonds. The van der Waals surface area contributed by atoms with E-state index in [-0.39, 0.29) is 5.91 Å². The largest absolute Gasteiger partial charge is 0.489 e. The van der Waals surface area contributed by atoms with E-state index in [2.05, 4.69) is 10.5 Å². The lowest BCUT2D eigenvalue weighted by atomic mass is 10.2. The molecule has 3 rings (SSSR count). The number of nitrogens with zero attached hydrogens (tertiary/aromatic N) is 1. The van der Waals surface area contributed by atoms with Gasteiger partial charge in [0.1, 0.15) is 18.1 Å². The molecule has 6 heteroatoms. The van der Waals surface area contributed by atoms with Crippen molar-refractivity contribution in [2.24, 2.45) is 0 Å². The maximum Gasteiger partial charge on any atom is 0.255 e. The number of thioether (sulfide) groups is 1. The average molecular weight is 368 g/mol. The normalized spacial score (nSPS) is 10.6. The van der Waals surface area contributed by atoms with Crippen LogP contribution in [0.4, 0.5) is 5.69 Å². The summed E-state index contributed by atoms with van der Waals surface area (Å²) in [7, 11) is 0. The first-order chi connectivity index (χ1) is 12.6. The molecule has 1 N–H and O–H groups in total. The number of carbonyl (C=O) groups is 1. The predicted molar refractivity (Wildman–Crippen MR) is 103 cm³/mol. The van der Waals surface area contributed by atoms with Crippen molar-refractivity contribution in [3.05, 3.63) is 71.1 Å². The number of benzene rings is 2. The lowest BCUT2D eigenvalue weighted by molar-refractivity contribution is 0.102. The van der Waals surface area contributed by atoms with Gasteiger partial charge in [0.25, 0.3) is 5.91 Å². The number of aryl methyl sites for hydroxylation is 2. The van der Waals surface area contributed by atoms with Gasteiger partial charge in [0.2, 0.25) is 0 Å². The molecule has 0 fully saturated rings. The average Bonchev–Trinajstić information content (AvgIpc) is 2.98. The third kappa shape index (κ3) is 4.08. The Morgan fingerprint density at radius 3 is 2.54 bits per heavy atom. The zero-order valence-electron chi connectivity index (χ0n) is 14.9. The monoisotopic (exact) mass is 368 g/mol. The summed E-state index contributed by atoms with van der Waals surface area (Å²) in [6.07, 6.45) is 1.98. The fourth-order valence-corrected chi connectivity index (χ4v) is 3.06. The molecule has 0 bridgehead atoms. The van der Waals surface area contributed by atoms with Crippen molar-refractivity contribution in [2.75, 3.05) is 11.6 Å². The summed E-state index contributed by atoms with van der Waals surface area (Å²) in [5, 5.41) is 6.86. The molecule has 0 aliphatic rings. The lowest BCUT2D eigenvalue weighted by Crippen LogP contribution is -2.12. The molecule has 0 aliphatic carbocycles.